The number of carbonyl (C=O) groups excluding carboxylic acids is 1. The predicted octanol–water partition coefficient (Wildman–Crippen LogP) is 4.36. The Hall–Kier alpha value is -4.44. The molecule has 5 rings (SSSR count). The number of carbonyl (C=O) groups is 1. The van der Waals surface area contributed by atoms with Crippen LogP contribution in [0.1, 0.15) is 25.2 Å². The van der Waals surface area contributed by atoms with Crippen molar-refractivity contribution in [3.05, 3.63) is 77.3 Å². The zero-order valence-corrected chi connectivity index (χ0v) is 21.9. The van der Waals surface area contributed by atoms with Crippen molar-refractivity contribution < 1.29 is 14.3 Å². The molecule has 1 amide bonds. The third-order valence-electron chi connectivity index (χ3n) is 5.76. The van der Waals surface area contributed by atoms with Crippen molar-refractivity contribution in [3.8, 4) is 28.7 Å². The molecule has 0 unspecified atom stereocenters. The number of halogens is 1. The minimum Gasteiger partial charge on any atom is -0.493 e. The van der Waals surface area contributed by atoms with E-state index in [2.05, 4.69) is 20.5 Å². The number of fused-ring (bicyclic) bond motifs is 1. The van der Waals surface area contributed by atoms with Gasteiger partial charge in [0.15, 0.2) is 29.7 Å². The molecule has 3 heterocycles. The van der Waals surface area contributed by atoms with Crippen molar-refractivity contribution in [1.29, 1.82) is 0 Å². The summed E-state index contributed by atoms with van der Waals surface area (Å²) in [5, 5.41) is 16.0. The maximum absolute atomic E-state index is 12.0. The SMILES string of the molecule is COc1cc(-c2nc(Cc3ccc4[nH]ncc4c3Cl)n(-c3ccccn3)n2)ccc1OCC(=O)NC(C)C. The number of hydrogen-bond acceptors (Lipinski definition) is 7. The third kappa shape index (κ3) is 5.30. The number of rotatable bonds is 9. The molecule has 0 fully saturated rings. The van der Waals surface area contributed by atoms with E-state index in [1.807, 2.05) is 50.2 Å². The average molecular weight is 532 g/mol. The van der Waals surface area contributed by atoms with Crippen LogP contribution in [-0.4, -0.2) is 55.6 Å². The van der Waals surface area contributed by atoms with Crippen LogP contribution < -0.4 is 14.8 Å². The van der Waals surface area contributed by atoms with Crippen molar-refractivity contribution >= 4 is 28.4 Å². The number of aromatic amines is 1. The van der Waals surface area contributed by atoms with Crippen LogP contribution >= 0.6 is 11.6 Å². The van der Waals surface area contributed by atoms with E-state index in [1.54, 1.807) is 36.3 Å². The normalized spacial score (nSPS) is 11.2. The molecule has 0 aliphatic heterocycles. The Bertz CT molecular complexity index is 1580. The first kappa shape index (κ1) is 25.2. The van der Waals surface area contributed by atoms with E-state index in [4.69, 9.17) is 31.2 Å². The van der Waals surface area contributed by atoms with Crippen LogP contribution in [0.4, 0.5) is 0 Å². The number of nitrogens with zero attached hydrogens (tertiary/aromatic N) is 5. The molecule has 3 aromatic heterocycles. The van der Waals surface area contributed by atoms with Crippen molar-refractivity contribution in [3.63, 3.8) is 0 Å². The lowest BCUT2D eigenvalue weighted by molar-refractivity contribution is -0.123. The number of H-pyrrole nitrogens is 1. The van der Waals surface area contributed by atoms with Crippen LogP contribution in [0.25, 0.3) is 28.1 Å². The lowest BCUT2D eigenvalue weighted by atomic mass is 10.1. The maximum Gasteiger partial charge on any atom is 0.258 e. The molecule has 0 spiro atoms. The fourth-order valence-electron chi connectivity index (χ4n) is 4.01. The van der Waals surface area contributed by atoms with E-state index in [0.717, 1.165) is 16.5 Å². The van der Waals surface area contributed by atoms with Crippen LogP contribution in [0.2, 0.25) is 5.02 Å². The minimum absolute atomic E-state index is 0.0290. The second kappa shape index (κ2) is 10.9. The van der Waals surface area contributed by atoms with E-state index >= 15 is 0 Å². The van der Waals surface area contributed by atoms with Crippen LogP contribution in [0.5, 0.6) is 11.5 Å². The highest BCUT2D eigenvalue weighted by atomic mass is 35.5. The molecule has 2 aromatic carbocycles. The van der Waals surface area contributed by atoms with Gasteiger partial charge in [-0.15, -0.1) is 5.10 Å². The summed E-state index contributed by atoms with van der Waals surface area (Å²) in [6, 6.07) is 14.9. The summed E-state index contributed by atoms with van der Waals surface area (Å²) in [7, 11) is 1.54. The van der Waals surface area contributed by atoms with E-state index in [-0.39, 0.29) is 18.6 Å². The van der Waals surface area contributed by atoms with Crippen molar-refractivity contribution in [2.24, 2.45) is 0 Å². The first-order valence-corrected chi connectivity index (χ1v) is 12.4. The average Bonchev–Trinajstić information content (AvgIpc) is 3.57. The minimum atomic E-state index is -0.209. The number of methoxy groups -OCH3 is 1. The summed E-state index contributed by atoms with van der Waals surface area (Å²) >= 11 is 6.70. The zero-order valence-electron chi connectivity index (χ0n) is 21.1. The van der Waals surface area contributed by atoms with E-state index < -0.39 is 0 Å². The standard InChI is InChI=1S/C27H26ClN7O3/c1-16(2)31-25(36)15-38-21-10-8-18(12-22(21)37-3)27-32-24(35(34-27)23-6-4-5-11-29-23)13-17-7-9-20-19(26(17)28)14-30-33-20/h4-12,14,16H,13,15H2,1-3H3,(H,30,33)(H,31,36). The highest BCUT2D eigenvalue weighted by Crippen LogP contribution is 2.33. The van der Waals surface area contributed by atoms with Gasteiger partial charge in [0.1, 0.15) is 5.82 Å². The maximum atomic E-state index is 12.0. The van der Waals surface area contributed by atoms with Crippen molar-refractivity contribution in [2.45, 2.75) is 26.3 Å². The quantitative estimate of drug-likeness (QED) is 0.290. The zero-order chi connectivity index (χ0) is 26.6. The van der Waals surface area contributed by atoms with Gasteiger partial charge >= 0.3 is 0 Å². The number of amides is 1. The Kier molecular flexibility index (Phi) is 7.23. The molecule has 0 aliphatic rings. The van der Waals surface area contributed by atoms with Crippen molar-refractivity contribution in [2.75, 3.05) is 13.7 Å². The number of nitrogens with one attached hydrogen (secondary N) is 2. The summed E-state index contributed by atoms with van der Waals surface area (Å²) in [5.74, 6) is 2.47. The molecule has 0 radical (unpaired) electrons. The van der Waals surface area contributed by atoms with Crippen molar-refractivity contribution in [1.82, 2.24) is 35.3 Å². The summed E-state index contributed by atoms with van der Waals surface area (Å²) in [4.78, 5) is 21.3. The van der Waals surface area contributed by atoms with E-state index in [9.17, 15) is 4.79 Å². The molecule has 38 heavy (non-hydrogen) atoms. The topological polar surface area (TPSA) is 120 Å². The molecular weight excluding hydrogens is 506 g/mol. The summed E-state index contributed by atoms with van der Waals surface area (Å²) in [6.07, 6.45) is 3.83. The van der Waals surface area contributed by atoms with Gasteiger partial charge in [0.25, 0.3) is 5.91 Å². The fourth-order valence-corrected chi connectivity index (χ4v) is 4.29. The largest absolute Gasteiger partial charge is 0.493 e. The smallest absolute Gasteiger partial charge is 0.258 e. The first-order valence-electron chi connectivity index (χ1n) is 12.0. The molecule has 0 bridgehead atoms. The summed E-state index contributed by atoms with van der Waals surface area (Å²) in [6.45, 7) is 3.66. The molecule has 0 aliphatic carbocycles. The molecule has 10 nitrogen and oxygen atoms in total. The van der Waals surface area contributed by atoms with Gasteiger partial charge in [-0.3, -0.25) is 9.89 Å². The molecule has 194 valence electrons. The number of ether oxygens (including phenoxy) is 2. The van der Waals surface area contributed by atoms with Gasteiger partial charge in [-0.25, -0.2) is 9.97 Å². The Balaban J connectivity index is 1.48. The van der Waals surface area contributed by atoms with Gasteiger partial charge in [-0.05, 0) is 55.8 Å². The van der Waals surface area contributed by atoms with Gasteiger partial charge in [-0.2, -0.15) is 9.78 Å². The first-order chi connectivity index (χ1) is 18.4. The molecular formula is C27H26ClN7O3. The third-order valence-corrected chi connectivity index (χ3v) is 6.20. The summed E-state index contributed by atoms with van der Waals surface area (Å²) in [5.41, 5.74) is 2.47. The van der Waals surface area contributed by atoms with Gasteiger partial charge in [0.2, 0.25) is 0 Å². The molecule has 11 heteroatoms. The fraction of sp³-hybridized carbons (Fsp3) is 0.222. The number of aromatic nitrogens is 6. The van der Waals surface area contributed by atoms with E-state index in [0.29, 0.717) is 46.0 Å². The molecule has 0 saturated carbocycles. The molecule has 2 N–H and O–H groups in total. The highest BCUT2D eigenvalue weighted by molar-refractivity contribution is 6.36. The van der Waals surface area contributed by atoms with Gasteiger partial charge < -0.3 is 14.8 Å². The van der Waals surface area contributed by atoms with Crippen LogP contribution in [0.3, 0.4) is 0 Å². The Labute approximate surface area is 224 Å². The van der Waals surface area contributed by atoms with Crippen LogP contribution in [0.15, 0.2) is 60.9 Å². The van der Waals surface area contributed by atoms with Gasteiger partial charge in [0, 0.05) is 29.6 Å². The number of benzene rings is 2. The predicted molar refractivity (Wildman–Crippen MR) is 144 cm³/mol. The monoisotopic (exact) mass is 531 g/mol. The Morgan fingerprint density at radius 2 is 2.03 bits per heavy atom. The number of pyridine rings is 1. The lowest BCUT2D eigenvalue weighted by Gasteiger charge is -2.12. The van der Waals surface area contributed by atoms with Gasteiger partial charge in [-0.1, -0.05) is 23.7 Å². The lowest BCUT2D eigenvalue weighted by Crippen LogP contribution is -2.34. The van der Waals surface area contributed by atoms with Crippen LogP contribution in [0, 0.1) is 0 Å². The molecule has 5 aromatic rings. The Morgan fingerprint density at radius 3 is 2.79 bits per heavy atom. The molecule has 0 saturated heterocycles. The van der Waals surface area contributed by atoms with E-state index in [1.165, 1.54) is 0 Å². The van der Waals surface area contributed by atoms with Crippen LogP contribution in [-0.2, 0) is 11.2 Å². The second-order valence-electron chi connectivity index (χ2n) is 8.87. The van der Waals surface area contributed by atoms with Gasteiger partial charge in [0.05, 0.1) is 23.8 Å². The number of hydrogen-bond donors (Lipinski definition) is 2. The second-order valence-corrected chi connectivity index (χ2v) is 9.25. The molecule has 0 atom stereocenters. The summed E-state index contributed by atoms with van der Waals surface area (Å²) < 4.78 is 12.9. The Morgan fingerprint density at radius 1 is 1.16 bits per heavy atom. The highest BCUT2D eigenvalue weighted by Gasteiger charge is 2.18.